The topological polar surface area (TPSA) is 124 Å². The van der Waals surface area contributed by atoms with E-state index in [1.54, 1.807) is 6.92 Å². The van der Waals surface area contributed by atoms with Crippen LogP contribution in [-0.4, -0.2) is 26.2 Å². The van der Waals surface area contributed by atoms with Crippen LogP contribution in [0.1, 0.15) is 11.1 Å². The maximum Gasteiger partial charge on any atom is 0.269 e. The molecule has 0 aliphatic rings. The number of hydrogen-bond donors (Lipinski definition) is 3. The molecular weight excluding hydrogens is 296 g/mol. The number of hydrogen-bond acceptors (Lipinski definition) is 6. The van der Waals surface area contributed by atoms with Crippen molar-refractivity contribution in [2.24, 2.45) is 4.99 Å². The van der Waals surface area contributed by atoms with Gasteiger partial charge in [-0.1, -0.05) is 0 Å². The lowest BCUT2D eigenvalue weighted by atomic mass is 10.2. The molecule has 0 saturated heterocycles. The van der Waals surface area contributed by atoms with Gasteiger partial charge in [0, 0.05) is 18.3 Å². The van der Waals surface area contributed by atoms with Gasteiger partial charge in [0.2, 0.25) is 5.88 Å². The van der Waals surface area contributed by atoms with Crippen LogP contribution in [0.4, 0.5) is 11.4 Å². The highest BCUT2D eigenvalue weighted by molar-refractivity contribution is 7.71. The molecule has 1 aromatic carbocycles. The number of nitro groups is 1. The average molecular weight is 306 g/mol. The second-order valence-electron chi connectivity index (χ2n) is 4.16. The third-order valence-electron chi connectivity index (χ3n) is 2.68. The van der Waals surface area contributed by atoms with Crippen LogP contribution in [0.3, 0.4) is 0 Å². The third-order valence-corrected chi connectivity index (χ3v) is 2.89. The molecule has 0 spiro atoms. The van der Waals surface area contributed by atoms with Crippen LogP contribution in [0.15, 0.2) is 28.0 Å². The first kappa shape index (κ1) is 14.6. The number of aromatic amines is 2. The number of H-pyrrole nitrogens is 2. The lowest BCUT2D eigenvalue weighted by Crippen LogP contribution is -2.13. The Morgan fingerprint density at radius 2 is 2.14 bits per heavy atom. The highest BCUT2D eigenvalue weighted by Gasteiger charge is 2.08. The predicted octanol–water partition coefficient (Wildman–Crippen LogP) is 2.11. The summed E-state index contributed by atoms with van der Waals surface area (Å²) in [5.74, 6) is -0.396. The monoisotopic (exact) mass is 306 g/mol. The summed E-state index contributed by atoms with van der Waals surface area (Å²) in [5.41, 5.74) is 0.305. The minimum absolute atomic E-state index is 0.00108. The number of non-ortho nitro benzene ring substituents is 1. The summed E-state index contributed by atoms with van der Waals surface area (Å²) in [6, 6.07) is 4.14. The van der Waals surface area contributed by atoms with E-state index in [1.165, 1.54) is 18.2 Å². The van der Waals surface area contributed by atoms with E-state index < -0.39 is 16.4 Å². The lowest BCUT2D eigenvalue weighted by molar-refractivity contribution is -0.384. The Morgan fingerprint density at radius 1 is 1.43 bits per heavy atom. The molecule has 108 valence electrons. The van der Waals surface area contributed by atoms with Crippen molar-refractivity contribution in [2.45, 2.75) is 6.92 Å². The number of nitrogens with one attached hydrogen (secondary N) is 2. The molecule has 1 aromatic heterocycles. The molecule has 2 aromatic rings. The van der Waals surface area contributed by atoms with E-state index >= 15 is 0 Å². The number of aromatic nitrogens is 2. The van der Waals surface area contributed by atoms with Crippen LogP contribution < -0.4 is 5.56 Å². The van der Waals surface area contributed by atoms with E-state index in [4.69, 9.17) is 12.2 Å². The third kappa shape index (κ3) is 3.20. The molecule has 0 radical (unpaired) electrons. The highest BCUT2D eigenvalue weighted by Crippen LogP contribution is 2.23. The summed E-state index contributed by atoms with van der Waals surface area (Å²) in [7, 11) is 0. The van der Waals surface area contributed by atoms with Crippen molar-refractivity contribution in [3.8, 4) is 5.88 Å². The van der Waals surface area contributed by atoms with E-state index in [0.29, 0.717) is 11.3 Å². The fourth-order valence-corrected chi connectivity index (χ4v) is 1.83. The van der Waals surface area contributed by atoms with Gasteiger partial charge in [-0.25, -0.2) is 0 Å². The maximum atomic E-state index is 11.6. The molecule has 0 aliphatic carbocycles. The predicted molar refractivity (Wildman–Crippen MR) is 79.0 cm³/mol. The Balaban J connectivity index is 2.41. The Labute approximate surface area is 123 Å². The number of aliphatic imine (C=N–C) groups is 1. The first-order chi connectivity index (χ1) is 9.88. The fourth-order valence-electron chi connectivity index (χ4n) is 1.64. The molecule has 1 heterocycles. The van der Waals surface area contributed by atoms with Crippen molar-refractivity contribution >= 4 is 29.8 Å². The molecule has 0 fully saturated rings. The lowest BCUT2D eigenvalue weighted by Gasteiger charge is -2.00. The minimum Gasteiger partial charge on any atom is -0.494 e. The van der Waals surface area contributed by atoms with Crippen LogP contribution in [0.2, 0.25) is 0 Å². The van der Waals surface area contributed by atoms with E-state index in [-0.39, 0.29) is 16.0 Å². The average Bonchev–Trinajstić information content (AvgIpc) is 2.38. The van der Waals surface area contributed by atoms with Gasteiger partial charge < -0.3 is 10.1 Å². The van der Waals surface area contributed by atoms with Gasteiger partial charge in [-0.05, 0) is 30.8 Å². The van der Waals surface area contributed by atoms with E-state index in [2.05, 4.69) is 15.0 Å². The maximum absolute atomic E-state index is 11.6. The molecule has 0 unspecified atom stereocenters. The number of nitrogens with zero attached hydrogens (tertiary/aromatic N) is 2. The van der Waals surface area contributed by atoms with Crippen molar-refractivity contribution in [3.05, 3.63) is 54.6 Å². The van der Waals surface area contributed by atoms with Crippen molar-refractivity contribution in [1.82, 2.24) is 9.97 Å². The Bertz CT molecular complexity index is 853. The van der Waals surface area contributed by atoms with Crippen LogP contribution in [0.5, 0.6) is 5.88 Å². The van der Waals surface area contributed by atoms with Crippen molar-refractivity contribution in [1.29, 1.82) is 0 Å². The van der Waals surface area contributed by atoms with Gasteiger partial charge in [-0.2, -0.15) is 0 Å². The molecule has 0 amide bonds. The SMILES string of the molecule is Cc1cc([N+](=O)[O-])ccc1N=Cc1c(O)[nH]c(=S)[nH]c1=O. The van der Waals surface area contributed by atoms with E-state index in [1.807, 2.05) is 0 Å². The summed E-state index contributed by atoms with van der Waals surface area (Å²) in [4.78, 5) is 30.5. The second kappa shape index (κ2) is 5.67. The van der Waals surface area contributed by atoms with Gasteiger partial charge >= 0.3 is 0 Å². The quantitative estimate of drug-likeness (QED) is 0.346. The van der Waals surface area contributed by atoms with E-state index in [0.717, 1.165) is 6.21 Å². The number of aromatic hydroxyl groups is 1. The number of nitro benzene ring substituents is 1. The highest BCUT2D eigenvalue weighted by atomic mass is 32.1. The standard InChI is InChI=1S/C12H10N4O4S/c1-6-4-7(16(19)20)2-3-9(6)13-5-8-10(17)14-12(21)15-11(8)18/h2-5H,1H3,(H3,14,15,17,18,21). The van der Waals surface area contributed by atoms with Gasteiger partial charge in [-0.3, -0.25) is 24.9 Å². The smallest absolute Gasteiger partial charge is 0.269 e. The molecule has 0 bridgehead atoms. The van der Waals surface area contributed by atoms with Crippen molar-refractivity contribution in [3.63, 3.8) is 0 Å². The zero-order valence-electron chi connectivity index (χ0n) is 10.8. The van der Waals surface area contributed by atoms with Gasteiger partial charge in [0.15, 0.2) is 4.77 Å². The molecular formula is C12H10N4O4S. The van der Waals surface area contributed by atoms with Gasteiger partial charge in [0.25, 0.3) is 11.2 Å². The van der Waals surface area contributed by atoms with Gasteiger partial charge in [0.05, 0.1) is 10.6 Å². The zero-order valence-corrected chi connectivity index (χ0v) is 11.6. The van der Waals surface area contributed by atoms with Gasteiger partial charge in [0.1, 0.15) is 5.56 Å². The Kier molecular flexibility index (Phi) is 3.94. The summed E-state index contributed by atoms with van der Waals surface area (Å²) in [6.45, 7) is 1.65. The number of benzene rings is 1. The summed E-state index contributed by atoms with van der Waals surface area (Å²) >= 11 is 4.70. The van der Waals surface area contributed by atoms with Crippen LogP contribution in [-0.2, 0) is 0 Å². The van der Waals surface area contributed by atoms with Crippen molar-refractivity contribution < 1.29 is 10.0 Å². The largest absolute Gasteiger partial charge is 0.494 e. The first-order valence-corrected chi connectivity index (χ1v) is 6.14. The second-order valence-corrected chi connectivity index (χ2v) is 4.56. The molecule has 21 heavy (non-hydrogen) atoms. The van der Waals surface area contributed by atoms with Crippen LogP contribution in [0.25, 0.3) is 0 Å². The summed E-state index contributed by atoms with van der Waals surface area (Å²) < 4.78 is 0.00108. The van der Waals surface area contributed by atoms with Crippen LogP contribution >= 0.6 is 12.2 Å². The molecule has 8 nitrogen and oxygen atoms in total. The molecule has 3 N–H and O–H groups in total. The number of rotatable bonds is 3. The molecule has 9 heteroatoms. The molecule has 0 aliphatic heterocycles. The van der Waals surface area contributed by atoms with Gasteiger partial charge in [-0.15, -0.1) is 0 Å². The van der Waals surface area contributed by atoms with Crippen molar-refractivity contribution in [2.75, 3.05) is 0 Å². The van der Waals surface area contributed by atoms with E-state index in [9.17, 15) is 20.0 Å². The van der Waals surface area contributed by atoms with Crippen LogP contribution in [0, 0.1) is 21.8 Å². The minimum atomic E-state index is -0.584. The molecule has 2 rings (SSSR count). The Hall–Kier alpha value is -2.81. The summed E-state index contributed by atoms with van der Waals surface area (Å²) in [6.07, 6.45) is 1.16. The fraction of sp³-hybridized carbons (Fsp3) is 0.0833. The number of aryl methyl sites for hydroxylation is 1. The zero-order chi connectivity index (χ0) is 15.6. The Morgan fingerprint density at radius 3 is 2.71 bits per heavy atom. The first-order valence-electron chi connectivity index (χ1n) is 5.73. The summed E-state index contributed by atoms with van der Waals surface area (Å²) in [5, 5.41) is 20.3. The molecule has 0 atom stereocenters. The molecule has 0 saturated carbocycles. The normalized spacial score (nSPS) is 10.9.